The summed E-state index contributed by atoms with van der Waals surface area (Å²) in [5, 5.41) is 3.68. The van der Waals surface area contributed by atoms with Crippen molar-refractivity contribution in [1.82, 2.24) is 5.43 Å². The SMILES string of the molecule is CCCCCCOc1cc(C=NNC(N)=S)cc(F)c1F. The number of ether oxygens (including phenoxy) is 1. The van der Waals surface area contributed by atoms with Crippen molar-refractivity contribution >= 4 is 23.5 Å². The number of nitrogens with two attached hydrogens (primary N) is 1. The Balaban J connectivity index is 2.67. The Morgan fingerprint density at radius 1 is 1.38 bits per heavy atom. The largest absolute Gasteiger partial charge is 0.490 e. The fourth-order valence-corrected chi connectivity index (χ4v) is 1.70. The molecule has 1 rings (SSSR count). The summed E-state index contributed by atoms with van der Waals surface area (Å²) in [6, 6.07) is 2.40. The fraction of sp³-hybridized carbons (Fsp3) is 0.429. The fourth-order valence-electron chi connectivity index (χ4n) is 1.64. The van der Waals surface area contributed by atoms with Crippen molar-refractivity contribution in [2.75, 3.05) is 6.61 Å². The molecule has 0 aliphatic heterocycles. The highest BCUT2D eigenvalue weighted by atomic mass is 32.1. The quantitative estimate of drug-likeness (QED) is 0.335. The van der Waals surface area contributed by atoms with Crippen molar-refractivity contribution in [3.05, 3.63) is 29.3 Å². The average Bonchev–Trinajstić information content (AvgIpc) is 2.43. The van der Waals surface area contributed by atoms with Gasteiger partial charge in [-0.3, -0.25) is 5.43 Å². The number of unbranched alkanes of at least 4 members (excludes halogenated alkanes) is 3. The van der Waals surface area contributed by atoms with Crippen LogP contribution in [0.1, 0.15) is 38.2 Å². The summed E-state index contributed by atoms with van der Waals surface area (Å²) in [6.45, 7) is 2.45. The van der Waals surface area contributed by atoms with Gasteiger partial charge in [0.1, 0.15) is 0 Å². The highest BCUT2D eigenvalue weighted by molar-refractivity contribution is 7.80. The number of halogens is 2. The van der Waals surface area contributed by atoms with E-state index in [4.69, 9.17) is 10.5 Å². The number of hydrazone groups is 1. The molecule has 21 heavy (non-hydrogen) atoms. The molecule has 0 bridgehead atoms. The maximum atomic E-state index is 13.6. The minimum atomic E-state index is -0.995. The topological polar surface area (TPSA) is 59.6 Å². The van der Waals surface area contributed by atoms with E-state index in [1.807, 2.05) is 0 Å². The zero-order chi connectivity index (χ0) is 15.7. The van der Waals surface area contributed by atoms with Gasteiger partial charge in [0.15, 0.2) is 16.7 Å². The summed E-state index contributed by atoms with van der Waals surface area (Å²) < 4.78 is 32.4. The second-order valence-electron chi connectivity index (χ2n) is 4.46. The molecule has 0 aliphatic carbocycles. The Morgan fingerprint density at radius 2 is 2.14 bits per heavy atom. The molecule has 0 spiro atoms. The van der Waals surface area contributed by atoms with Crippen LogP contribution in [-0.4, -0.2) is 17.9 Å². The molecule has 3 N–H and O–H groups in total. The van der Waals surface area contributed by atoms with E-state index in [-0.39, 0.29) is 10.9 Å². The Labute approximate surface area is 128 Å². The van der Waals surface area contributed by atoms with Crippen LogP contribution >= 0.6 is 12.2 Å². The first-order valence-electron chi connectivity index (χ1n) is 6.75. The van der Waals surface area contributed by atoms with Crippen LogP contribution in [0.2, 0.25) is 0 Å². The van der Waals surface area contributed by atoms with Gasteiger partial charge in [0.25, 0.3) is 0 Å². The molecule has 1 aromatic carbocycles. The Kier molecular flexibility index (Phi) is 7.60. The van der Waals surface area contributed by atoms with E-state index in [2.05, 4.69) is 29.7 Å². The van der Waals surface area contributed by atoms with Crippen LogP contribution in [0.4, 0.5) is 8.78 Å². The third-order valence-corrected chi connectivity index (χ3v) is 2.75. The van der Waals surface area contributed by atoms with E-state index in [9.17, 15) is 8.78 Å². The smallest absolute Gasteiger partial charge is 0.200 e. The summed E-state index contributed by atoms with van der Waals surface area (Å²) in [7, 11) is 0. The van der Waals surface area contributed by atoms with Crippen molar-refractivity contribution in [2.24, 2.45) is 10.8 Å². The molecule has 0 radical (unpaired) electrons. The lowest BCUT2D eigenvalue weighted by atomic mass is 10.2. The zero-order valence-electron chi connectivity index (χ0n) is 11.9. The molecular formula is C14H19F2N3OS. The summed E-state index contributed by atoms with van der Waals surface area (Å²) in [6.07, 6.45) is 5.28. The molecule has 7 heteroatoms. The lowest BCUT2D eigenvalue weighted by molar-refractivity contribution is 0.285. The first-order chi connectivity index (χ1) is 10.0. The number of nitrogens with one attached hydrogen (secondary N) is 1. The predicted molar refractivity (Wildman–Crippen MR) is 83.5 cm³/mol. The van der Waals surface area contributed by atoms with Crippen LogP contribution in [0.3, 0.4) is 0 Å². The normalized spacial score (nSPS) is 10.8. The third-order valence-electron chi connectivity index (χ3n) is 2.66. The number of thiocarbonyl (C=S) groups is 1. The lowest BCUT2D eigenvalue weighted by Gasteiger charge is -2.08. The van der Waals surface area contributed by atoms with Gasteiger partial charge in [-0.2, -0.15) is 9.49 Å². The molecule has 0 saturated heterocycles. The van der Waals surface area contributed by atoms with Crippen LogP contribution in [0.25, 0.3) is 0 Å². The van der Waals surface area contributed by atoms with E-state index < -0.39 is 11.6 Å². The van der Waals surface area contributed by atoms with E-state index in [0.29, 0.717) is 12.2 Å². The molecule has 0 aliphatic rings. The van der Waals surface area contributed by atoms with Gasteiger partial charge >= 0.3 is 0 Å². The van der Waals surface area contributed by atoms with E-state index >= 15 is 0 Å². The van der Waals surface area contributed by atoms with E-state index in [0.717, 1.165) is 31.7 Å². The summed E-state index contributed by atoms with van der Waals surface area (Å²) in [4.78, 5) is 0. The van der Waals surface area contributed by atoms with E-state index in [1.165, 1.54) is 12.3 Å². The summed E-state index contributed by atoms with van der Waals surface area (Å²) >= 11 is 4.57. The van der Waals surface area contributed by atoms with Gasteiger partial charge in [0.2, 0.25) is 5.82 Å². The van der Waals surface area contributed by atoms with E-state index in [1.54, 1.807) is 0 Å². The van der Waals surface area contributed by atoms with Gasteiger partial charge in [-0.05, 0) is 30.8 Å². The molecular weight excluding hydrogens is 296 g/mol. The molecule has 0 saturated carbocycles. The third kappa shape index (κ3) is 6.48. The van der Waals surface area contributed by atoms with Gasteiger partial charge in [-0.1, -0.05) is 26.2 Å². The number of rotatable bonds is 8. The average molecular weight is 315 g/mol. The standard InChI is InChI=1S/C14H19F2N3OS/c1-2-3-4-5-6-20-12-8-10(7-11(15)13(12)16)9-18-19-14(17)21/h7-9H,2-6H2,1H3,(H3,17,19,21). The summed E-state index contributed by atoms with van der Waals surface area (Å²) in [5.41, 5.74) is 7.88. The molecule has 0 unspecified atom stereocenters. The zero-order valence-corrected chi connectivity index (χ0v) is 12.7. The van der Waals surface area contributed by atoms with Crippen molar-refractivity contribution < 1.29 is 13.5 Å². The Morgan fingerprint density at radius 3 is 2.81 bits per heavy atom. The highest BCUT2D eigenvalue weighted by Gasteiger charge is 2.11. The Bertz CT molecular complexity index is 509. The van der Waals surface area contributed by atoms with Crippen molar-refractivity contribution in [2.45, 2.75) is 32.6 Å². The molecule has 4 nitrogen and oxygen atoms in total. The molecule has 0 heterocycles. The van der Waals surface area contributed by atoms with Crippen LogP contribution < -0.4 is 15.9 Å². The minimum Gasteiger partial charge on any atom is -0.490 e. The van der Waals surface area contributed by atoms with Crippen LogP contribution in [0.5, 0.6) is 5.75 Å². The molecule has 0 amide bonds. The van der Waals surface area contributed by atoms with Crippen molar-refractivity contribution in [3.8, 4) is 5.75 Å². The predicted octanol–water partition coefficient (Wildman–Crippen LogP) is 3.09. The number of hydrogen-bond acceptors (Lipinski definition) is 3. The first-order valence-corrected chi connectivity index (χ1v) is 7.15. The Hall–Kier alpha value is -1.76. The van der Waals surface area contributed by atoms with Crippen LogP contribution in [-0.2, 0) is 0 Å². The maximum Gasteiger partial charge on any atom is 0.200 e. The molecule has 0 fully saturated rings. The van der Waals surface area contributed by atoms with Crippen LogP contribution in [0.15, 0.2) is 17.2 Å². The van der Waals surface area contributed by atoms with Crippen molar-refractivity contribution in [1.29, 1.82) is 0 Å². The van der Waals surface area contributed by atoms with Gasteiger partial charge in [-0.15, -0.1) is 0 Å². The van der Waals surface area contributed by atoms with Crippen LogP contribution in [0, 0.1) is 11.6 Å². The maximum absolute atomic E-state index is 13.6. The van der Waals surface area contributed by atoms with Gasteiger partial charge in [-0.25, -0.2) is 4.39 Å². The molecule has 0 aromatic heterocycles. The van der Waals surface area contributed by atoms with Gasteiger partial charge < -0.3 is 10.5 Å². The molecule has 0 atom stereocenters. The van der Waals surface area contributed by atoms with Gasteiger partial charge in [0.05, 0.1) is 12.8 Å². The second-order valence-corrected chi connectivity index (χ2v) is 4.90. The van der Waals surface area contributed by atoms with Crippen molar-refractivity contribution in [3.63, 3.8) is 0 Å². The first kappa shape index (κ1) is 17.3. The summed E-state index contributed by atoms with van der Waals surface area (Å²) in [5.74, 6) is -2.11. The minimum absolute atomic E-state index is 0.0127. The number of benzene rings is 1. The monoisotopic (exact) mass is 315 g/mol. The molecule has 1 aromatic rings. The highest BCUT2D eigenvalue weighted by Crippen LogP contribution is 2.22. The number of nitrogens with zero attached hydrogens (tertiary/aromatic N) is 1. The lowest BCUT2D eigenvalue weighted by Crippen LogP contribution is -2.24. The second kappa shape index (κ2) is 9.23. The molecule has 116 valence electrons. The number of hydrogen-bond donors (Lipinski definition) is 2. The van der Waals surface area contributed by atoms with Gasteiger partial charge in [0, 0.05) is 5.56 Å².